The van der Waals surface area contributed by atoms with E-state index in [1.165, 1.54) is 6.20 Å². The van der Waals surface area contributed by atoms with Crippen molar-refractivity contribution < 1.29 is 14.7 Å². The van der Waals surface area contributed by atoms with Gasteiger partial charge in [-0.05, 0) is 35.9 Å². The van der Waals surface area contributed by atoms with E-state index in [0.717, 1.165) is 25.7 Å². The molecule has 2 rings (SSSR count). The average Bonchev–Trinajstić information content (AvgIpc) is 2.75. The molecular formula is C13H16ClN3O3. The third-order valence-electron chi connectivity index (χ3n) is 3.62. The number of halogens is 1. The fourth-order valence-corrected chi connectivity index (χ4v) is 2.94. The van der Waals surface area contributed by atoms with Crippen molar-refractivity contribution in [3.05, 3.63) is 17.5 Å². The van der Waals surface area contributed by atoms with E-state index in [1.807, 2.05) is 0 Å². The molecule has 1 aromatic rings. The number of nitrogens with zero attached hydrogens (tertiary/aromatic N) is 2. The van der Waals surface area contributed by atoms with Gasteiger partial charge in [0.1, 0.15) is 5.82 Å². The summed E-state index contributed by atoms with van der Waals surface area (Å²) in [4.78, 5) is 30.6. The third kappa shape index (κ3) is 3.90. The maximum absolute atomic E-state index is 12.1. The Morgan fingerprint density at radius 3 is 2.65 bits per heavy atom. The van der Waals surface area contributed by atoms with Crippen molar-refractivity contribution in [2.75, 3.05) is 5.32 Å². The predicted octanol–water partition coefficient (Wildman–Crippen LogP) is 2.49. The summed E-state index contributed by atoms with van der Waals surface area (Å²) in [6, 6.07) is 1.54. The van der Waals surface area contributed by atoms with Crippen LogP contribution in [0.1, 0.15) is 38.5 Å². The Kier molecular flexibility index (Phi) is 4.54. The van der Waals surface area contributed by atoms with Crippen molar-refractivity contribution in [2.24, 2.45) is 5.41 Å². The fourth-order valence-electron chi connectivity index (χ4n) is 2.79. The number of amides is 1. The molecular weight excluding hydrogens is 282 g/mol. The smallest absolute Gasteiger partial charge is 0.303 e. The molecule has 1 saturated carbocycles. The molecule has 1 aliphatic rings. The first-order chi connectivity index (χ1) is 9.49. The molecule has 1 aliphatic carbocycles. The molecule has 0 unspecified atom stereocenters. The molecule has 0 spiro atoms. The molecule has 1 aromatic heterocycles. The summed E-state index contributed by atoms with van der Waals surface area (Å²) < 4.78 is 0. The minimum absolute atomic E-state index is 0.0327. The molecule has 2 N–H and O–H groups in total. The first kappa shape index (κ1) is 14.7. The normalized spacial score (nSPS) is 16.9. The van der Waals surface area contributed by atoms with Gasteiger partial charge in [0.25, 0.3) is 0 Å². The zero-order valence-corrected chi connectivity index (χ0v) is 11.7. The highest BCUT2D eigenvalue weighted by atomic mass is 35.5. The lowest BCUT2D eigenvalue weighted by atomic mass is 9.79. The molecule has 6 nitrogen and oxygen atoms in total. The largest absolute Gasteiger partial charge is 0.481 e. The summed E-state index contributed by atoms with van der Waals surface area (Å²) in [5.74, 6) is -0.758. The monoisotopic (exact) mass is 297 g/mol. The van der Waals surface area contributed by atoms with Crippen LogP contribution in [-0.4, -0.2) is 27.0 Å². The van der Waals surface area contributed by atoms with Gasteiger partial charge in [-0.25, -0.2) is 9.97 Å². The van der Waals surface area contributed by atoms with Gasteiger partial charge in [-0.15, -0.1) is 0 Å². The summed E-state index contributed by atoms with van der Waals surface area (Å²) >= 11 is 5.64. The molecule has 1 amide bonds. The van der Waals surface area contributed by atoms with E-state index in [1.54, 1.807) is 6.07 Å². The van der Waals surface area contributed by atoms with Gasteiger partial charge in [0, 0.05) is 12.6 Å². The number of carbonyl (C=O) groups excluding carboxylic acids is 1. The van der Waals surface area contributed by atoms with Gasteiger partial charge in [-0.1, -0.05) is 12.8 Å². The highest BCUT2D eigenvalue weighted by Gasteiger charge is 2.38. The molecule has 108 valence electrons. The molecule has 0 aliphatic heterocycles. The van der Waals surface area contributed by atoms with E-state index in [-0.39, 0.29) is 24.0 Å². The first-order valence-corrected chi connectivity index (χ1v) is 6.87. The number of carboxylic acids is 1. The molecule has 20 heavy (non-hydrogen) atoms. The highest BCUT2D eigenvalue weighted by Crippen LogP contribution is 2.44. The van der Waals surface area contributed by atoms with Crippen LogP contribution < -0.4 is 5.32 Å². The standard InChI is InChI=1S/C13H16ClN3O3/c14-12-15-6-3-9(17-12)16-10(18)7-13(8-11(19)20)4-1-2-5-13/h3,6H,1-2,4-5,7-8H2,(H,19,20)(H,15,16,17,18). The Labute approximate surface area is 121 Å². The Morgan fingerprint density at radius 1 is 1.35 bits per heavy atom. The number of aliphatic carboxylic acids is 1. The zero-order valence-electron chi connectivity index (χ0n) is 10.9. The second-order valence-electron chi connectivity index (χ2n) is 5.21. The number of carbonyl (C=O) groups is 2. The van der Waals surface area contributed by atoms with E-state index >= 15 is 0 Å². The lowest BCUT2D eigenvalue weighted by Gasteiger charge is -2.26. The number of hydrogen-bond donors (Lipinski definition) is 2. The molecule has 1 fully saturated rings. The summed E-state index contributed by atoms with van der Waals surface area (Å²) in [5.41, 5.74) is -0.424. The number of carboxylic acid groups (broad SMARTS) is 1. The van der Waals surface area contributed by atoms with Crippen LogP contribution in [-0.2, 0) is 9.59 Å². The maximum atomic E-state index is 12.1. The summed E-state index contributed by atoms with van der Waals surface area (Å²) in [6.45, 7) is 0. The molecule has 0 atom stereocenters. The average molecular weight is 298 g/mol. The van der Waals surface area contributed by atoms with E-state index in [0.29, 0.717) is 5.82 Å². The third-order valence-corrected chi connectivity index (χ3v) is 3.80. The van der Waals surface area contributed by atoms with E-state index in [2.05, 4.69) is 15.3 Å². The van der Waals surface area contributed by atoms with Gasteiger partial charge < -0.3 is 10.4 Å². The Hall–Kier alpha value is -1.69. The van der Waals surface area contributed by atoms with Crippen LogP contribution >= 0.6 is 11.6 Å². The van der Waals surface area contributed by atoms with Crippen molar-refractivity contribution >= 4 is 29.3 Å². The van der Waals surface area contributed by atoms with Crippen LogP contribution in [0, 0.1) is 5.41 Å². The molecule has 1 heterocycles. The number of anilines is 1. The van der Waals surface area contributed by atoms with Crippen LogP contribution in [0.3, 0.4) is 0 Å². The van der Waals surface area contributed by atoms with Crippen LogP contribution in [0.5, 0.6) is 0 Å². The van der Waals surface area contributed by atoms with Crippen molar-refractivity contribution in [3.63, 3.8) is 0 Å². The molecule has 0 saturated heterocycles. The second kappa shape index (κ2) is 6.17. The van der Waals surface area contributed by atoms with Crippen LogP contribution in [0.2, 0.25) is 5.28 Å². The molecule has 0 aromatic carbocycles. The van der Waals surface area contributed by atoms with Crippen molar-refractivity contribution in [3.8, 4) is 0 Å². The van der Waals surface area contributed by atoms with Crippen molar-refractivity contribution in [1.82, 2.24) is 9.97 Å². The number of nitrogens with one attached hydrogen (secondary N) is 1. The van der Waals surface area contributed by atoms with Crippen LogP contribution in [0.15, 0.2) is 12.3 Å². The van der Waals surface area contributed by atoms with Gasteiger partial charge in [0.2, 0.25) is 11.2 Å². The number of hydrogen-bond acceptors (Lipinski definition) is 4. The van der Waals surface area contributed by atoms with Gasteiger partial charge in [0.15, 0.2) is 0 Å². The van der Waals surface area contributed by atoms with Gasteiger partial charge in [-0.3, -0.25) is 9.59 Å². The lowest BCUT2D eigenvalue weighted by molar-refractivity contribution is -0.140. The number of rotatable bonds is 5. The van der Waals surface area contributed by atoms with E-state index in [9.17, 15) is 9.59 Å². The van der Waals surface area contributed by atoms with Crippen molar-refractivity contribution in [2.45, 2.75) is 38.5 Å². The topological polar surface area (TPSA) is 92.2 Å². The van der Waals surface area contributed by atoms with Crippen LogP contribution in [0.25, 0.3) is 0 Å². The van der Waals surface area contributed by atoms with Gasteiger partial charge in [0.05, 0.1) is 6.42 Å². The summed E-state index contributed by atoms with van der Waals surface area (Å²) in [5, 5.41) is 11.7. The van der Waals surface area contributed by atoms with E-state index < -0.39 is 11.4 Å². The minimum Gasteiger partial charge on any atom is -0.481 e. The predicted molar refractivity (Wildman–Crippen MR) is 73.4 cm³/mol. The minimum atomic E-state index is -0.857. The number of aromatic nitrogens is 2. The van der Waals surface area contributed by atoms with Crippen LogP contribution in [0.4, 0.5) is 5.82 Å². The summed E-state index contributed by atoms with van der Waals surface area (Å²) in [7, 11) is 0. The zero-order chi connectivity index (χ0) is 14.6. The lowest BCUT2D eigenvalue weighted by Crippen LogP contribution is -2.28. The molecule has 0 bridgehead atoms. The maximum Gasteiger partial charge on any atom is 0.303 e. The van der Waals surface area contributed by atoms with E-state index in [4.69, 9.17) is 16.7 Å². The Morgan fingerprint density at radius 2 is 2.05 bits per heavy atom. The van der Waals surface area contributed by atoms with Gasteiger partial charge >= 0.3 is 5.97 Å². The fraction of sp³-hybridized carbons (Fsp3) is 0.538. The first-order valence-electron chi connectivity index (χ1n) is 6.49. The Bertz CT molecular complexity index is 515. The Balaban J connectivity index is 2.00. The van der Waals surface area contributed by atoms with Crippen molar-refractivity contribution in [1.29, 1.82) is 0 Å². The highest BCUT2D eigenvalue weighted by molar-refractivity contribution is 6.28. The molecule has 0 radical (unpaired) electrons. The SMILES string of the molecule is O=C(O)CC1(CC(=O)Nc2ccnc(Cl)n2)CCCC1. The second-order valence-corrected chi connectivity index (χ2v) is 5.55. The summed E-state index contributed by atoms with van der Waals surface area (Å²) in [6.07, 6.45) is 5.17. The quantitative estimate of drug-likeness (QED) is 0.815. The van der Waals surface area contributed by atoms with Gasteiger partial charge in [-0.2, -0.15) is 0 Å². The molecule has 7 heteroatoms.